The van der Waals surface area contributed by atoms with E-state index in [0.29, 0.717) is 0 Å². The molecule has 0 aromatic heterocycles. The Hall–Kier alpha value is -1.59. The maximum absolute atomic E-state index is 12.2. The van der Waals surface area contributed by atoms with Crippen LogP contribution >= 0.6 is 0 Å². The van der Waals surface area contributed by atoms with Gasteiger partial charge in [0, 0.05) is 24.3 Å². The first-order valence-electron chi connectivity index (χ1n) is 7.91. The maximum atomic E-state index is 12.2. The standard InChI is InChI=1S/C16H24N4O/c21-16(18-6-3-9-20-7-1-2-8-20)13-4-5-14-11-17-12-19-15(14)10-13/h4-5,10,17,19H,1-3,6-9,11-12H2,(H,18,21). The molecule has 0 aliphatic carbocycles. The van der Waals surface area contributed by atoms with E-state index in [4.69, 9.17) is 0 Å². The quantitative estimate of drug-likeness (QED) is 0.716. The second kappa shape index (κ2) is 6.91. The van der Waals surface area contributed by atoms with Gasteiger partial charge in [-0.2, -0.15) is 0 Å². The Morgan fingerprint density at radius 3 is 3.00 bits per heavy atom. The van der Waals surface area contributed by atoms with Crippen molar-refractivity contribution in [3.05, 3.63) is 29.3 Å². The highest BCUT2D eigenvalue weighted by Gasteiger charge is 2.13. The van der Waals surface area contributed by atoms with Crippen molar-refractivity contribution in [3.63, 3.8) is 0 Å². The van der Waals surface area contributed by atoms with Crippen LogP contribution in [0.15, 0.2) is 18.2 Å². The van der Waals surface area contributed by atoms with Crippen molar-refractivity contribution < 1.29 is 4.79 Å². The van der Waals surface area contributed by atoms with Crippen molar-refractivity contribution in [3.8, 4) is 0 Å². The van der Waals surface area contributed by atoms with Gasteiger partial charge in [-0.25, -0.2) is 0 Å². The number of carbonyl (C=O) groups excluding carboxylic acids is 1. The van der Waals surface area contributed by atoms with Gasteiger partial charge in [-0.15, -0.1) is 0 Å². The molecule has 21 heavy (non-hydrogen) atoms. The minimum absolute atomic E-state index is 0.0274. The minimum Gasteiger partial charge on any atom is -0.372 e. The van der Waals surface area contributed by atoms with Crippen LogP contribution in [0.1, 0.15) is 35.2 Å². The lowest BCUT2D eigenvalue weighted by molar-refractivity contribution is 0.0952. The van der Waals surface area contributed by atoms with E-state index in [9.17, 15) is 4.79 Å². The first-order valence-corrected chi connectivity index (χ1v) is 7.91. The van der Waals surface area contributed by atoms with Crippen LogP contribution in [0.25, 0.3) is 0 Å². The molecule has 1 aromatic carbocycles. The Morgan fingerprint density at radius 2 is 2.14 bits per heavy atom. The lowest BCUT2D eigenvalue weighted by Gasteiger charge is -2.19. The summed E-state index contributed by atoms with van der Waals surface area (Å²) in [7, 11) is 0. The predicted octanol–water partition coefficient (Wildman–Crippen LogP) is 1.37. The van der Waals surface area contributed by atoms with Crippen LogP contribution in [0.4, 0.5) is 5.69 Å². The molecule has 5 heteroatoms. The molecule has 2 aliphatic rings. The lowest BCUT2D eigenvalue weighted by Crippen LogP contribution is -2.30. The predicted molar refractivity (Wildman–Crippen MR) is 84.4 cm³/mol. The van der Waals surface area contributed by atoms with Gasteiger partial charge in [0.2, 0.25) is 0 Å². The molecule has 1 aromatic rings. The molecule has 0 spiro atoms. The van der Waals surface area contributed by atoms with Crippen molar-refractivity contribution in [1.29, 1.82) is 0 Å². The minimum atomic E-state index is 0.0274. The second-order valence-corrected chi connectivity index (χ2v) is 5.81. The summed E-state index contributed by atoms with van der Waals surface area (Å²) in [5, 5.41) is 9.53. The molecule has 1 saturated heterocycles. The Morgan fingerprint density at radius 1 is 1.29 bits per heavy atom. The summed E-state index contributed by atoms with van der Waals surface area (Å²) in [4.78, 5) is 14.6. The van der Waals surface area contributed by atoms with E-state index in [1.165, 1.54) is 31.5 Å². The van der Waals surface area contributed by atoms with Crippen LogP contribution in [0, 0.1) is 0 Å². The molecule has 3 rings (SSSR count). The molecule has 2 aliphatic heterocycles. The first-order chi connectivity index (χ1) is 10.3. The van der Waals surface area contributed by atoms with Gasteiger partial charge in [-0.3, -0.25) is 10.1 Å². The van der Waals surface area contributed by atoms with Crippen molar-refractivity contribution in [1.82, 2.24) is 15.5 Å². The van der Waals surface area contributed by atoms with Crippen molar-refractivity contribution in [2.75, 3.05) is 38.2 Å². The van der Waals surface area contributed by atoms with Gasteiger partial charge in [0.05, 0.1) is 6.67 Å². The number of likely N-dealkylation sites (tertiary alicyclic amines) is 1. The summed E-state index contributed by atoms with van der Waals surface area (Å²) in [6.07, 6.45) is 3.67. The highest BCUT2D eigenvalue weighted by atomic mass is 16.1. The zero-order chi connectivity index (χ0) is 14.5. The van der Waals surface area contributed by atoms with Crippen LogP contribution in [0.5, 0.6) is 0 Å². The summed E-state index contributed by atoms with van der Waals surface area (Å²) in [6.45, 7) is 5.91. The Labute approximate surface area is 126 Å². The molecular formula is C16H24N4O. The zero-order valence-corrected chi connectivity index (χ0v) is 12.5. The van der Waals surface area contributed by atoms with E-state index in [-0.39, 0.29) is 5.91 Å². The molecule has 0 unspecified atom stereocenters. The molecule has 5 nitrogen and oxygen atoms in total. The SMILES string of the molecule is O=C(NCCCN1CCCC1)c1ccc2c(c1)NCNC2. The number of fused-ring (bicyclic) bond motifs is 1. The highest BCUT2D eigenvalue weighted by molar-refractivity contribution is 5.95. The van der Waals surface area contributed by atoms with Gasteiger partial charge in [0.25, 0.3) is 5.91 Å². The van der Waals surface area contributed by atoms with Crippen LogP contribution in [-0.2, 0) is 6.54 Å². The van der Waals surface area contributed by atoms with Gasteiger partial charge in [-0.05, 0) is 56.6 Å². The van der Waals surface area contributed by atoms with Crippen LogP contribution in [0.2, 0.25) is 0 Å². The van der Waals surface area contributed by atoms with Gasteiger partial charge < -0.3 is 15.5 Å². The van der Waals surface area contributed by atoms with Crippen molar-refractivity contribution in [2.45, 2.75) is 25.8 Å². The average Bonchev–Trinajstić information content (AvgIpc) is 3.04. The first kappa shape index (κ1) is 14.4. The molecule has 0 bridgehead atoms. The summed E-state index contributed by atoms with van der Waals surface area (Å²) in [6, 6.07) is 5.88. The number of amides is 1. The number of nitrogens with zero attached hydrogens (tertiary/aromatic N) is 1. The number of hydrogen-bond donors (Lipinski definition) is 3. The third kappa shape index (κ3) is 3.74. The van der Waals surface area contributed by atoms with Crippen LogP contribution < -0.4 is 16.0 Å². The molecule has 3 N–H and O–H groups in total. The summed E-state index contributed by atoms with van der Waals surface area (Å²) in [5.74, 6) is 0.0274. The number of benzene rings is 1. The van der Waals surface area contributed by atoms with E-state index in [1.54, 1.807) is 0 Å². The third-order valence-corrected chi connectivity index (χ3v) is 4.23. The van der Waals surface area contributed by atoms with Crippen LogP contribution in [0.3, 0.4) is 0 Å². The fraction of sp³-hybridized carbons (Fsp3) is 0.562. The molecular weight excluding hydrogens is 264 g/mol. The van der Waals surface area contributed by atoms with E-state index in [0.717, 1.165) is 44.0 Å². The number of hydrogen-bond acceptors (Lipinski definition) is 4. The van der Waals surface area contributed by atoms with Gasteiger partial charge in [-0.1, -0.05) is 6.07 Å². The molecule has 0 radical (unpaired) electrons. The van der Waals surface area contributed by atoms with E-state index < -0.39 is 0 Å². The third-order valence-electron chi connectivity index (χ3n) is 4.23. The number of nitrogens with one attached hydrogen (secondary N) is 3. The average molecular weight is 288 g/mol. The summed E-state index contributed by atoms with van der Waals surface area (Å²) >= 11 is 0. The maximum Gasteiger partial charge on any atom is 0.251 e. The second-order valence-electron chi connectivity index (χ2n) is 5.81. The molecule has 0 atom stereocenters. The summed E-state index contributed by atoms with van der Waals surface area (Å²) < 4.78 is 0. The van der Waals surface area contributed by atoms with E-state index in [1.807, 2.05) is 18.2 Å². The topological polar surface area (TPSA) is 56.4 Å². The lowest BCUT2D eigenvalue weighted by atomic mass is 10.1. The summed E-state index contributed by atoms with van der Waals surface area (Å²) in [5.41, 5.74) is 3.02. The molecule has 114 valence electrons. The van der Waals surface area contributed by atoms with E-state index >= 15 is 0 Å². The normalized spacial score (nSPS) is 18.1. The van der Waals surface area contributed by atoms with Crippen molar-refractivity contribution in [2.24, 2.45) is 0 Å². The number of carbonyl (C=O) groups is 1. The van der Waals surface area contributed by atoms with Crippen molar-refractivity contribution >= 4 is 11.6 Å². The number of anilines is 1. The Balaban J connectivity index is 1.46. The fourth-order valence-electron chi connectivity index (χ4n) is 3.00. The largest absolute Gasteiger partial charge is 0.372 e. The Bertz CT molecular complexity index is 497. The Kier molecular flexibility index (Phi) is 4.72. The smallest absolute Gasteiger partial charge is 0.251 e. The zero-order valence-electron chi connectivity index (χ0n) is 12.5. The molecule has 2 heterocycles. The van der Waals surface area contributed by atoms with Crippen LogP contribution in [-0.4, -0.2) is 43.7 Å². The van der Waals surface area contributed by atoms with Gasteiger partial charge >= 0.3 is 0 Å². The fourth-order valence-corrected chi connectivity index (χ4v) is 3.00. The molecule has 0 saturated carbocycles. The van der Waals surface area contributed by atoms with E-state index in [2.05, 4.69) is 20.9 Å². The van der Waals surface area contributed by atoms with Gasteiger partial charge in [0.1, 0.15) is 0 Å². The molecule has 1 amide bonds. The molecule has 1 fully saturated rings. The highest BCUT2D eigenvalue weighted by Crippen LogP contribution is 2.19. The van der Waals surface area contributed by atoms with Gasteiger partial charge in [0.15, 0.2) is 0 Å². The number of rotatable bonds is 5. The monoisotopic (exact) mass is 288 g/mol.